The molecule has 88 valence electrons. The first-order valence-corrected chi connectivity index (χ1v) is 5.28. The van der Waals surface area contributed by atoms with Crippen LogP contribution in [0.15, 0.2) is 33.5 Å². The van der Waals surface area contributed by atoms with Gasteiger partial charge in [0, 0.05) is 7.05 Å². The van der Waals surface area contributed by atoms with Crippen molar-refractivity contribution in [1.29, 1.82) is 0 Å². The maximum Gasteiger partial charge on any atom is 0.343 e. The summed E-state index contributed by atoms with van der Waals surface area (Å²) in [6.07, 6.45) is 4.08. The fourth-order valence-electron chi connectivity index (χ4n) is 1.13. The number of nitro groups is 1. The van der Waals surface area contributed by atoms with Gasteiger partial charge in [-0.25, -0.2) is 15.0 Å². The molecule has 0 amide bonds. The third-order valence-electron chi connectivity index (χ3n) is 1.80. The predicted molar refractivity (Wildman–Crippen MR) is 58.9 cm³/mol. The number of anilines is 1. The van der Waals surface area contributed by atoms with Crippen LogP contribution in [-0.4, -0.2) is 26.9 Å². The smallest absolute Gasteiger partial charge is 0.343 e. The van der Waals surface area contributed by atoms with Gasteiger partial charge in [0.2, 0.25) is 5.82 Å². The van der Waals surface area contributed by atoms with E-state index in [9.17, 15) is 10.1 Å². The highest BCUT2D eigenvalue weighted by Gasteiger charge is 2.23. The van der Waals surface area contributed by atoms with Crippen LogP contribution in [0.1, 0.15) is 0 Å². The van der Waals surface area contributed by atoms with Crippen molar-refractivity contribution in [2.24, 2.45) is 0 Å². The highest BCUT2D eigenvalue weighted by atomic mass is 32.2. The summed E-state index contributed by atoms with van der Waals surface area (Å²) >= 11 is 0.968. The summed E-state index contributed by atoms with van der Waals surface area (Å²) in [6.45, 7) is 0. The Labute approximate surface area is 99.6 Å². The Morgan fingerprint density at radius 2 is 2.29 bits per heavy atom. The van der Waals surface area contributed by atoms with Crippen LogP contribution in [0.2, 0.25) is 0 Å². The Balaban J connectivity index is 2.42. The van der Waals surface area contributed by atoms with E-state index in [4.69, 9.17) is 4.42 Å². The maximum atomic E-state index is 11.0. The first kappa shape index (κ1) is 11.3. The van der Waals surface area contributed by atoms with E-state index in [-0.39, 0.29) is 21.8 Å². The molecule has 0 aliphatic heterocycles. The van der Waals surface area contributed by atoms with Gasteiger partial charge in [0.1, 0.15) is 12.6 Å². The number of hydrogen-bond acceptors (Lipinski definition) is 8. The first-order chi connectivity index (χ1) is 8.22. The molecule has 0 saturated carbocycles. The molecular formula is C8H7N5O3S. The standard InChI is InChI=1S/C8H7N5O3S/c1-9-6-5(13(14)15)7(12-4-11-6)17-8-10-2-3-16-8/h2-4H,1H3,(H,9,11,12). The molecule has 2 heterocycles. The number of aromatic nitrogens is 3. The molecule has 0 aliphatic rings. The van der Waals surface area contributed by atoms with E-state index < -0.39 is 4.92 Å². The monoisotopic (exact) mass is 253 g/mol. The highest BCUT2D eigenvalue weighted by Crippen LogP contribution is 2.35. The SMILES string of the molecule is CNc1ncnc(Sc2ncco2)c1[N+](=O)[O-]. The quantitative estimate of drug-likeness (QED) is 0.497. The Hall–Kier alpha value is -2.16. The Bertz CT molecular complexity index is 530. The molecule has 0 fully saturated rings. The lowest BCUT2D eigenvalue weighted by Crippen LogP contribution is -2.02. The summed E-state index contributed by atoms with van der Waals surface area (Å²) in [5, 5.41) is 14.1. The topological polar surface area (TPSA) is 107 Å². The second kappa shape index (κ2) is 4.78. The summed E-state index contributed by atoms with van der Waals surface area (Å²) in [5.41, 5.74) is -0.196. The summed E-state index contributed by atoms with van der Waals surface area (Å²) in [6, 6.07) is 0. The average Bonchev–Trinajstić information content (AvgIpc) is 2.81. The van der Waals surface area contributed by atoms with Crippen molar-refractivity contribution in [3.8, 4) is 0 Å². The van der Waals surface area contributed by atoms with Gasteiger partial charge in [0.25, 0.3) is 5.22 Å². The van der Waals surface area contributed by atoms with Crippen LogP contribution in [0, 0.1) is 10.1 Å². The van der Waals surface area contributed by atoms with Gasteiger partial charge in [0.05, 0.1) is 11.1 Å². The van der Waals surface area contributed by atoms with Gasteiger partial charge < -0.3 is 9.73 Å². The van der Waals surface area contributed by atoms with Gasteiger partial charge in [-0.3, -0.25) is 10.1 Å². The molecule has 2 rings (SSSR count). The number of nitrogens with one attached hydrogen (secondary N) is 1. The van der Waals surface area contributed by atoms with E-state index >= 15 is 0 Å². The molecule has 8 nitrogen and oxygen atoms in total. The summed E-state index contributed by atoms with van der Waals surface area (Å²) < 4.78 is 4.99. The summed E-state index contributed by atoms with van der Waals surface area (Å²) in [5.74, 6) is 0.152. The molecule has 17 heavy (non-hydrogen) atoms. The van der Waals surface area contributed by atoms with Crippen LogP contribution < -0.4 is 5.32 Å². The molecule has 0 radical (unpaired) electrons. The minimum absolute atomic E-state index is 0.152. The van der Waals surface area contributed by atoms with Gasteiger partial charge in [0.15, 0.2) is 5.03 Å². The third kappa shape index (κ3) is 2.33. The normalized spacial score (nSPS) is 10.2. The van der Waals surface area contributed by atoms with Crippen LogP contribution in [0.3, 0.4) is 0 Å². The fraction of sp³-hybridized carbons (Fsp3) is 0.125. The highest BCUT2D eigenvalue weighted by molar-refractivity contribution is 7.99. The molecule has 0 spiro atoms. The van der Waals surface area contributed by atoms with E-state index in [1.165, 1.54) is 18.8 Å². The summed E-state index contributed by atoms with van der Waals surface area (Å²) in [4.78, 5) is 21.9. The number of rotatable bonds is 4. The first-order valence-electron chi connectivity index (χ1n) is 4.47. The molecular weight excluding hydrogens is 246 g/mol. The minimum Gasteiger partial charge on any atom is -0.440 e. The van der Waals surface area contributed by atoms with Crippen molar-refractivity contribution in [2.45, 2.75) is 10.2 Å². The number of nitrogens with zero attached hydrogens (tertiary/aromatic N) is 4. The molecule has 1 N–H and O–H groups in total. The maximum absolute atomic E-state index is 11.0. The number of oxazole rings is 1. The third-order valence-corrected chi connectivity index (χ3v) is 2.67. The average molecular weight is 253 g/mol. The van der Waals surface area contributed by atoms with Crippen LogP contribution in [0.25, 0.3) is 0 Å². The lowest BCUT2D eigenvalue weighted by Gasteiger charge is -2.03. The van der Waals surface area contributed by atoms with Crippen molar-refractivity contribution in [3.05, 3.63) is 28.9 Å². The predicted octanol–water partition coefficient (Wildman–Crippen LogP) is 1.57. The van der Waals surface area contributed by atoms with E-state index in [0.717, 1.165) is 11.8 Å². The Morgan fingerprint density at radius 3 is 2.88 bits per heavy atom. The zero-order chi connectivity index (χ0) is 12.3. The van der Waals surface area contributed by atoms with Crippen molar-refractivity contribution in [1.82, 2.24) is 15.0 Å². The molecule has 0 aromatic carbocycles. The zero-order valence-corrected chi connectivity index (χ0v) is 9.47. The largest absolute Gasteiger partial charge is 0.440 e. The van der Waals surface area contributed by atoms with Crippen LogP contribution in [-0.2, 0) is 0 Å². The fourth-order valence-corrected chi connectivity index (χ4v) is 1.88. The minimum atomic E-state index is -0.545. The second-order valence-corrected chi connectivity index (χ2v) is 3.72. The van der Waals surface area contributed by atoms with Gasteiger partial charge in [-0.2, -0.15) is 0 Å². The van der Waals surface area contributed by atoms with Gasteiger partial charge in [-0.15, -0.1) is 0 Å². The molecule has 0 unspecified atom stereocenters. The van der Waals surface area contributed by atoms with Crippen LogP contribution in [0.5, 0.6) is 0 Å². The van der Waals surface area contributed by atoms with E-state index in [0.29, 0.717) is 0 Å². The van der Waals surface area contributed by atoms with Crippen molar-refractivity contribution < 1.29 is 9.34 Å². The Morgan fingerprint density at radius 1 is 1.47 bits per heavy atom. The van der Waals surface area contributed by atoms with Gasteiger partial charge in [-0.1, -0.05) is 0 Å². The molecule has 0 atom stereocenters. The van der Waals surface area contributed by atoms with Crippen LogP contribution >= 0.6 is 11.8 Å². The van der Waals surface area contributed by atoms with Crippen molar-refractivity contribution >= 4 is 23.3 Å². The second-order valence-electron chi connectivity index (χ2n) is 2.78. The molecule has 0 aliphatic carbocycles. The molecule has 0 bridgehead atoms. The zero-order valence-electron chi connectivity index (χ0n) is 8.65. The Kier molecular flexibility index (Phi) is 3.19. The molecule has 9 heteroatoms. The van der Waals surface area contributed by atoms with Gasteiger partial charge >= 0.3 is 5.69 Å². The van der Waals surface area contributed by atoms with Crippen molar-refractivity contribution in [3.63, 3.8) is 0 Å². The van der Waals surface area contributed by atoms with Crippen LogP contribution in [0.4, 0.5) is 11.5 Å². The molecule has 2 aromatic heterocycles. The van der Waals surface area contributed by atoms with Crippen molar-refractivity contribution in [2.75, 3.05) is 12.4 Å². The van der Waals surface area contributed by atoms with E-state index in [2.05, 4.69) is 20.3 Å². The molecule has 0 saturated heterocycles. The van der Waals surface area contributed by atoms with E-state index in [1.807, 2.05) is 0 Å². The lowest BCUT2D eigenvalue weighted by molar-refractivity contribution is -0.387. The number of hydrogen-bond donors (Lipinski definition) is 1. The lowest BCUT2D eigenvalue weighted by atomic mass is 10.5. The summed E-state index contributed by atoms with van der Waals surface area (Å²) in [7, 11) is 1.55. The van der Waals surface area contributed by atoms with E-state index in [1.54, 1.807) is 7.05 Å². The van der Waals surface area contributed by atoms with Gasteiger partial charge in [-0.05, 0) is 11.8 Å². The molecule has 2 aromatic rings.